The van der Waals surface area contributed by atoms with Crippen LogP contribution in [0.25, 0.3) is 0 Å². The average molecular weight is 251 g/mol. The first kappa shape index (κ1) is 11.6. The number of aromatic nitrogens is 2. The van der Waals surface area contributed by atoms with Crippen molar-refractivity contribution in [1.82, 2.24) is 14.9 Å². The first-order valence-electron chi connectivity index (χ1n) is 6.61. The molecule has 3 nitrogen and oxygen atoms in total. The lowest BCUT2D eigenvalue weighted by molar-refractivity contribution is 0.468. The number of nitrogens with one attached hydrogen (secondary N) is 1. The third-order valence-electron chi connectivity index (χ3n) is 4.12. The van der Waals surface area contributed by atoms with E-state index >= 15 is 0 Å². The Morgan fingerprint density at radius 1 is 1.65 bits per heavy atom. The average Bonchev–Trinajstić information content (AvgIpc) is 3.00. The second-order valence-corrected chi connectivity index (χ2v) is 6.96. The van der Waals surface area contributed by atoms with E-state index in [1.807, 2.05) is 6.33 Å². The SMILES string of the molecule is CC1(c2cncn2CC2CCCS2)CCNC1. The van der Waals surface area contributed by atoms with Crippen LogP contribution in [0.4, 0.5) is 0 Å². The van der Waals surface area contributed by atoms with Crippen LogP contribution in [0.3, 0.4) is 0 Å². The highest BCUT2D eigenvalue weighted by Gasteiger charge is 2.33. The van der Waals surface area contributed by atoms with E-state index in [2.05, 4.69) is 39.8 Å². The van der Waals surface area contributed by atoms with Crippen LogP contribution in [-0.4, -0.2) is 33.6 Å². The molecule has 0 saturated carbocycles. The fourth-order valence-corrected chi connectivity index (χ4v) is 4.28. The van der Waals surface area contributed by atoms with E-state index < -0.39 is 0 Å². The monoisotopic (exact) mass is 251 g/mol. The van der Waals surface area contributed by atoms with Gasteiger partial charge in [0.05, 0.1) is 6.33 Å². The molecule has 17 heavy (non-hydrogen) atoms. The zero-order valence-corrected chi connectivity index (χ0v) is 11.3. The van der Waals surface area contributed by atoms with Gasteiger partial charge in [-0.2, -0.15) is 11.8 Å². The molecule has 2 unspecified atom stereocenters. The van der Waals surface area contributed by atoms with E-state index in [0.717, 1.165) is 24.9 Å². The number of imidazole rings is 1. The minimum Gasteiger partial charge on any atom is -0.333 e. The van der Waals surface area contributed by atoms with Gasteiger partial charge < -0.3 is 9.88 Å². The Kier molecular flexibility index (Phi) is 3.17. The molecule has 0 bridgehead atoms. The molecular formula is C13H21N3S. The van der Waals surface area contributed by atoms with Gasteiger partial charge in [0.1, 0.15) is 0 Å². The number of rotatable bonds is 3. The summed E-state index contributed by atoms with van der Waals surface area (Å²) in [6, 6.07) is 0. The van der Waals surface area contributed by atoms with Crippen molar-refractivity contribution in [3.8, 4) is 0 Å². The minimum atomic E-state index is 0.291. The fraction of sp³-hybridized carbons (Fsp3) is 0.769. The normalized spacial score (nSPS) is 33.4. The van der Waals surface area contributed by atoms with Crippen molar-refractivity contribution >= 4 is 11.8 Å². The first-order valence-corrected chi connectivity index (χ1v) is 7.66. The van der Waals surface area contributed by atoms with Gasteiger partial charge in [-0.15, -0.1) is 0 Å². The molecule has 94 valence electrons. The minimum absolute atomic E-state index is 0.291. The van der Waals surface area contributed by atoms with E-state index in [1.165, 1.54) is 30.7 Å². The Hall–Kier alpha value is -0.480. The summed E-state index contributed by atoms with van der Waals surface area (Å²) in [4.78, 5) is 4.38. The molecule has 0 aromatic carbocycles. The fourth-order valence-electron chi connectivity index (χ4n) is 3.01. The summed E-state index contributed by atoms with van der Waals surface area (Å²) in [7, 11) is 0. The maximum absolute atomic E-state index is 4.38. The molecule has 0 aliphatic carbocycles. The molecule has 2 aliphatic rings. The lowest BCUT2D eigenvalue weighted by Crippen LogP contribution is -2.29. The molecule has 2 atom stereocenters. The summed E-state index contributed by atoms with van der Waals surface area (Å²) in [5.74, 6) is 1.34. The van der Waals surface area contributed by atoms with Gasteiger partial charge in [0, 0.05) is 35.6 Å². The van der Waals surface area contributed by atoms with Crippen LogP contribution in [0, 0.1) is 0 Å². The summed E-state index contributed by atoms with van der Waals surface area (Å²) in [6.07, 6.45) is 8.09. The van der Waals surface area contributed by atoms with Gasteiger partial charge in [0.25, 0.3) is 0 Å². The molecular weight excluding hydrogens is 230 g/mol. The summed E-state index contributed by atoms with van der Waals surface area (Å²) in [5.41, 5.74) is 1.72. The molecule has 0 amide bonds. The van der Waals surface area contributed by atoms with Gasteiger partial charge in [-0.1, -0.05) is 6.92 Å². The van der Waals surface area contributed by atoms with Crippen molar-refractivity contribution in [3.05, 3.63) is 18.2 Å². The van der Waals surface area contributed by atoms with Crippen molar-refractivity contribution in [1.29, 1.82) is 0 Å². The van der Waals surface area contributed by atoms with Gasteiger partial charge >= 0.3 is 0 Å². The van der Waals surface area contributed by atoms with Crippen molar-refractivity contribution in [3.63, 3.8) is 0 Å². The Balaban J connectivity index is 1.78. The lowest BCUT2D eigenvalue weighted by Gasteiger charge is -2.25. The van der Waals surface area contributed by atoms with Crippen LogP contribution in [0.2, 0.25) is 0 Å². The van der Waals surface area contributed by atoms with E-state index in [0.29, 0.717) is 5.41 Å². The molecule has 4 heteroatoms. The van der Waals surface area contributed by atoms with Crippen LogP contribution >= 0.6 is 11.8 Å². The maximum atomic E-state index is 4.38. The first-order chi connectivity index (χ1) is 8.28. The lowest BCUT2D eigenvalue weighted by atomic mass is 9.86. The molecule has 3 heterocycles. The quantitative estimate of drug-likeness (QED) is 0.891. The predicted molar refractivity (Wildman–Crippen MR) is 72.5 cm³/mol. The Morgan fingerprint density at radius 2 is 2.59 bits per heavy atom. The van der Waals surface area contributed by atoms with Crippen molar-refractivity contribution in [2.75, 3.05) is 18.8 Å². The summed E-state index contributed by atoms with van der Waals surface area (Å²) >= 11 is 2.13. The van der Waals surface area contributed by atoms with Crippen LogP contribution in [-0.2, 0) is 12.0 Å². The van der Waals surface area contributed by atoms with Crippen LogP contribution in [0.15, 0.2) is 12.5 Å². The molecule has 0 spiro atoms. The third kappa shape index (κ3) is 2.25. The molecule has 2 aliphatic heterocycles. The molecule has 1 N–H and O–H groups in total. The highest BCUT2D eigenvalue weighted by atomic mass is 32.2. The summed E-state index contributed by atoms with van der Waals surface area (Å²) in [6.45, 7) is 5.74. The smallest absolute Gasteiger partial charge is 0.0948 e. The van der Waals surface area contributed by atoms with E-state index in [9.17, 15) is 0 Å². The van der Waals surface area contributed by atoms with Gasteiger partial charge in [-0.3, -0.25) is 0 Å². The van der Waals surface area contributed by atoms with E-state index in [-0.39, 0.29) is 0 Å². The van der Waals surface area contributed by atoms with Gasteiger partial charge in [0.2, 0.25) is 0 Å². The van der Waals surface area contributed by atoms with Crippen LogP contribution in [0.1, 0.15) is 31.9 Å². The summed E-state index contributed by atoms with van der Waals surface area (Å²) < 4.78 is 2.40. The number of thioether (sulfide) groups is 1. The maximum Gasteiger partial charge on any atom is 0.0948 e. The number of hydrogen-bond donors (Lipinski definition) is 1. The van der Waals surface area contributed by atoms with Crippen LogP contribution in [0.5, 0.6) is 0 Å². The molecule has 1 aromatic heterocycles. The topological polar surface area (TPSA) is 29.9 Å². The second kappa shape index (κ2) is 4.65. The number of nitrogens with zero attached hydrogens (tertiary/aromatic N) is 2. The second-order valence-electron chi connectivity index (χ2n) is 5.55. The number of hydrogen-bond acceptors (Lipinski definition) is 3. The van der Waals surface area contributed by atoms with Crippen molar-refractivity contribution in [2.24, 2.45) is 0 Å². The molecule has 2 fully saturated rings. The zero-order chi connectivity index (χ0) is 11.7. The predicted octanol–water partition coefficient (Wildman–Crippen LogP) is 2.03. The van der Waals surface area contributed by atoms with Gasteiger partial charge in [-0.25, -0.2) is 4.98 Å². The molecule has 0 radical (unpaired) electrons. The van der Waals surface area contributed by atoms with Crippen molar-refractivity contribution < 1.29 is 0 Å². The molecule has 3 rings (SSSR count). The Labute approximate surface area is 107 Å². The molecule has 1 aromatic rings. The zero-order valence-electron chi connectivity index (χ0n) is 10.5. The van der Waals surface area contributed by atoms with Gasteiger partial charge in [0.15, 0.2) is 0 Å². The largest absolute Gasteiger partial charge is 0.333 e. The third-order valence-corrected chi connectivity index (χ3v) is 5.50. The standard InChI is InChI=1S/C13H21N3S/c1-13(4-5-14-9-13)12-7-15-10-16(12)8-11-3-2-6-17-11/h7,10-11,14H,2-6,8-9H2,1H3. The highest BCUT2D eigenvalue weighted by Crippen LogP contribution is 2.32. The van der Waals surface area contributed by atoms with Gasteiger partial charge in [-0.05, 0) is 31.6 Å². The van der Waals surface area contributed by atoms with E-state index in [1.54, 1.807) is 0 Å². The Bertz CT molecular complexity index is 376. The van der Waals surface area contributed by atoms with Crippen molar-refractivity contribution in [2.45, 2.75) is 43.4 Å². The van der Waals surface area contributed by atoms with Crippen LogP contribution < -0.4 is 5.32 Å². The molecule has 2 saturated heterocycles. The highest BCUT2D eigenvalue weighted by molar-refractivity contribution is 8.00. The van der Waals surface area contributed by atoms with E-state index in [4.69, 9.17) is 0 Å². The Morgan fingerprint density at radius 3 is 3.29 bits per heavy atom. The summed E-state index contributed by atoms with van der Waals surface area (Å²) in [5, 5.41) is 4.28.